The Balaban J connectivity index is 1.75. The van der Waals surface area contributed by atoms with Crippen molar-refractivity contribution in [1.82, 2.24) is 10.2 Å². The van der Waals surface area contributed by atoms with E-state index < -0.39 is 0 Å². The number of rotatable bonds is 4. The summed E-state index contributed by atoms with van der Waals surface area (Å²) in [6, 6.07) is 18.0. The van der Waals surface area contributed by atoms with Crippen molar-refractivity contribution in [3.05, 3.63) is 80.2 Å². The number of hydrogen-bond acceptors (Lipinski definition) is 4. The molecule has 0 radical (unpaired) electrons. The van der Waals surface area contributed by atoms with Crippen LogP contribution in [0.25, 0.3) is 0 Å². The number of nitrogens with zero attached hydrogens (tertiary/aromatic N) is 2. The van der Waals surface area contributed by atoms with Crippen molar-refractivity contribution in [3.8, 4) is 0 Å². The minimum Gasteiger partial charge on any atom is -0.318 e. The molecule has 5 heteroatoms. The summed E-state index contributed by atoms with van der Waals surface area (Å²) in [7, 11) is 0. The Labute approximate surface area is 136 Å². The highest BCUT2D eigenvalue weighted by Gasteiger charge is 2.14. The Morgan fingerprint density at radius 1 is 1.00 bits per heavy atom. The zero-order chi connectivity index (χ0) is 14.7. The summed E-state index contributed by atoms with van der Waals surface area (Å²) in [5, 5.41) is 10.3. The maximum atomic E-state index is 6.24. The fraction of sp³-hybridized carbons (Fsp3) is 0.125. The predicted octanol–water partition coefficient (Wildman–Crippen LogP) is 3.94. The third kappa shape index (κ3) is 3.56. The van der Waals surface area contributed by atoms with Gasteiger partial charge >= 0.3 is 0 Å². The molecule has 0 fully saturated rings. The molecule has 0 saturated carbocycles. The molecule has 0 aliphatic carbocycles. The van der Waals surface area contributed by atoms with E-state index in [-0.39, 0.29) is 6.04 Å². The van der Waals surface area contributed by atoms with Crippen LogP contribution in [0.2, 0.25) is 0 Å². The summed E-state index contributed by atoms with van der Waals surface area (Å²) in [5.74, 6) is 0. The monoisotopic (exact) mass is 359 g/mol. The topological polar surface area (TPSA) is 51.8 Å². The molecule has 0 saturated heterocycles. The molecule has 0 bridgehead atoms. The summed E-state index contributed by atoms with van der Waals surface area (Å²) in [5.41, 5.74) is 8.52. The van der Waals surface area contributed by atoms with E-state index in [1.807, 2.05) is 42.5 Å². The average molecular weight is 360 g/mol. The summed E-state index contributed by atoms with van der Waals surface area (Å²) in [6.07, 6.45) is 0.784. The highest BCUT2D eigenvalue weighted by Crippen LogP contribution is 2.24. The van der Waals surface area contributed by atoms with E-state index in [9.17, 15) is 0 Å². The molecule has 0 spiro atoms. The standard InChI is InChI=1S/C16H14BrN3S/c17-13-8-6-11(7-9-13)10-14-19-20-16(21-14)15(18)12-4-2-1-3-5-12/h1-9,15H,10,18H2. The van der Waals surface area contributed by atoms with E-state index in [2.05, 4.69) is 38.3 Å². The molecule has 3 aromatic rings. The third-order valence-electron chi connectivity index (χ3n) is 3.18. The van der Waals surface area contributed by atoms with E-state index in [4.69, 9.17) is 5.73 Å². The molecule has 3 rings (SSSR count). The van der Waals surface area contributed by atoms with Gasteiger partial charge < -0.3 is 5.73 Å². The molecule has 0 aliphatic rings. The molecule has 1 atom stereocenters. The van der Waals surface area contributed by atoms with Gasteiger partial charge in [-0.1, -0.05) is 69.7 Å². The minimum atomic E-state index is -0.206. The van der Waals surface area contributed by atoms with Gasteiger partial charge in [0.15, 0.2) is 0 Å². The molecule has 3 nitrogen and oxygen atoms in total. The normalized spacial score (nSPS) is 12.3. The largest absolute Gasteiger partial charge is 0.318 e. The lowest BCUT2D eigenvalue weighted by Crippen LogP contribution is -2.11. The SMILES string of the molecule is NC(c1ccccc1)c1nnc(Cc2ccc(Br)cc2)s1. The summed E-state index contributed by atoms with van der Waals surface area (Å²) >= 11 is 5.01. The smallest absolute Gasteiger partial charge is 0.138 e. The second kappa shape index (κ2) is 6.47. The van der Waals surface area contributed by atoms with Crippen LogP contribution in [0.15, 0.2) is 59.1 Å². The first-order valence-corrected chi connectivity index (χ1v) is 8.20. The maximum Gasteiger partial charge on any atom is 0.138 e. The van der Waals surface area contributed by atoms with Gasteiger partial charge in [-0.05, 0) is 23.3 Å². The maximum absolute atomic E-state index is 6.24. The summed E-state index contributed by atoms with van der Waals surface area (Å²) in [6.45, 7) is 0. The molecule has 0 amide bonds. The van der Waals surface area contributed by atoms with Crippen molar-refractivity contribution in [3.63, 3.8) is 0 Å². The molecular weight excluding hydrogens is 346 g/mol. The summed E-state index contributed by atoms with van der Waals surface area (Å²) in [4.78, 5) is 0. The van der Waals surface area contributed by atoms with Crippen molar-refractivity contribution in [2.75, 3.05) is 0 Å². The highest BCUT2D eigenvalue weighted by atomic mass is 79.9. The van der Waals surface area contributed by atoms with E-state index >= 15 is 0 Å². The van der Waals surface area contributed by atoms with E-state index in [1.165, 1.54) is 5.56 Å². The lowest BCUT2D eigenvalue weighted by molar-refractivity contribution is 0.824. The molecule has 2 aromatic carbocycles. The molecule has 2 N–H and O–H groups in total. The second-order valence-electron chi connectivity index (χ2n) is 4.73. The van der Waals surface area contributed by atoms with Crippen molar-refractivity contribution in [2.45, 2.75) is 12.5 Å². The van der Waals surface area contributed by atoms with Crippen LogP contribution in [-0.2, 0) is 6.42 Å². The van der Waals surface area contributed by atoms with Gasteiger partial charge in [0.2, 0.25) is 0 Å². The quantitative estimate of drug-likeness (QED) is 0.767. The number of hydrogen-bond donors (Lipinski definition) is 1. The Morgan fingerprint density at radius 3 is 2.43 bits per heavy atom. The van der Waals surface area contributed by atoms with Gasteiger partial charge in [0.05, 0.1) is 6.04 Å². The lowest BCUT2D eigenvalue weighted by atomic mass is 10.1. The fourth-order valence-electron chi connectivity index (χ4n) is 2.04. The van der Waals surface area contributed by atoms with Gasteiger partial charge in [-0.25, -0.2) is 0 Å². The number of aromatic nitrogens is 2. The average Bonchev–Trinajstić information content (AvgIpc) is 2.98. The molecule has 1 heterocycles. The van der Waals surface area contributed by atoms with E-state index in [0.29, 0.717) is 0 Å². The van der Waals surface area contributed by atoms with Crippen molar-refractivity contribution < 1.29 is 0 Å². The Kier molecular flexibility index (Phi) is 4.43. The highest BCUT2D eigenvalue weighted by molar-refractivity contribution is 9.10. The Bertz CT molecular complexity index is 710. The van der Waals surface area contributed by atoms with Gasteiger partial charge in [0.1, 0.15) is 10.0 Å². The van der Waals surface area contributed by atoms with Gasteiger partial charge in [0.25, 0.3) is 0 Å². The molecule has 1 aromatic heterocycles. The van der Waals surface area contributed by atoms with Crippen LogP contribution in [0.3, 0.4) is 0 Å². The zero-order valence-corrected chi connectivity index (χ0v) is 13.6. The van der Waals surface area contributed by atoms with Crippen LogP contribution in [0.4, 0.5) is 0 Å². The van der Waals surface area contributed by atoms with Crippen LogP contribution in [0, 0.1) is 0 Å². The van der Waals surface area contributed by atoms with Gasteiger partial charge in [-0.3, -0.25) is 0 Å². The van der Waals surface area contributed by atoms with E-state index in [0.717, 1.165) is 26.5 Å². The van der Waals surface area contributed by atoms with Crippen molar-refractivity contribution in [2.24, 2.45) is 5.73 Å². The number of halogens is 1. The Morgan fingerprint density at radius 2 is 1.71 bits per heavy atom. The second-order valence-corrected chi connectivity index (χ2v) is 6.73. The Hall–Kier alpha value is -1.56. The van der Waals surface area contributed by atoms with E-state index in [1.54, 1.807) is 11.3 Å². The van der Waals surface area contributed by atoms with Crippen molar-refractivity contribution in [1.29, 1.82) is 0 Å². The molecular formula is C16H14BrN3S. The van der Waals surface area contributed by atoms with Gasteiger partial charge in [-0.2, -0.15) is 0 Å². The van der Waals surface area contributed by atoms with Gasteiger partial charge in [0, 0.05) is 10.9 Å². The summed E-state index contributed by atoms with van der Waals surface area (Å²) < 4.78 is 1.08. The first kappa shape index (κ1) is 14.4. The third-order valence-corrected chi connectivity index (χ3v) is 4.71. The number of benzene rings is 2. The molecule has 21 heavy (non-hydrogen) atoms. The minimum absolute atomic E-state index is 0.206. The van der Waals surface area contributed by atoms with Crippen LogP contribution in [-0.4, -0.2) is 10.2 Å². The number of nitrogens with two attached hydrogens (primary N) is 1. The fourth-order valence-corrected chi connectivity index (χ4v) is 3.21. The van der Waals surface area contributed by atoms with Crippen LogP contribution in [0.5, 0.6) is 0 Å². The lowest BCUT2D eigenvalue weighted by Gasteiger charge is -2.06. The van der Waals surface area contributed by atoms with Crippen LogP contribution < -0.4 is 5.73 Å². The first-order valence-electron chi connectivity index (χ1n) is 6.59. The molecule has 1 unspecified atom stereocenters. The van der Waals surface area contributed by atoms with Crippen LogP contribution in [0.1, 0.15) is 27.2 Å². The first-order chi connectivity index (χ1) is 10.2. The predicted molar refractivity (Wildman–Crippen MR) is 89.3 cm³/mol. The van der Waals surface area contributed by atoms with Crippen molar-refractivity contribution >= 4 is 27.3 Å². The molecule has 106 valence electrons. The molecule has 0 aliphatic heterocycles. The van der Waals surface area contributed by atoms with Crippen LogP contribution >= 0.6 is 27.3 Å². The van der Waals surface area contributed by atoms with Gasteiger partial charge in [-0.15, -0.1) is 10.2 Å². The zero-order valence-electron chi connectivity index (χ0n) is 11.2.